The molecule has 2 unspecified atom stereocenters. The van der Waals surface area contributed by atoms with E-state index in [1.165, 1.54) is 20.2 Å². The molecule has 1 aromatic carbocycles. The van der Waals surface area contributed by atoms with Crippen LogP contribution in [0.4, 0.5) is 33.5 Å². The van der Waals surface area contributed by atoms with E-state index in [1.807, 2.05) is 0 Å². The zero-order valence-corrected chi connectivity index (χ0v) is 15.3. The van der Waals surface area contributed by atoms with Crippen LogP contribution < -0.4 is 15.8 Å². The number of pyridine rings is 1. The molecule has 0 saturated heterocycles. The number of nitrogens with zero attached hydrogens (tertiary/aromatic N) is 2. The molecule has 29 heavy (non-hydrogen) atoms. The lowest BCUT2D eigenvalue weighted by Gasteiger charge is -2.36. The van der Waals surface area contributed by atoms with Crippen molar-refractivity contribution in [2.75, 3.05) is 12.4 Å². The number of aliphatic imine (C=N–C) groups is 1. The number of ether oxygens (including phenoxy) is 2. The Morgan fingerprint density at radius 2 is 2.03 bits per heavy atom. The van der Waals surface area contributed by atoms with E-state index in [9.17, 15) is 22.0 Å². The second-order valence-corrected chi connectivity index (χ2v) is 6.58. The minimum Gasteiger partial charge on any atom is -0.493 e. The third-order valence-electron chi connectivity index (χ3n) is 4.43. The highest BCUT2D eigenvalue weighted by atomic mass is 19.4. The molecule has 156 valence electrons. The number of hydrogen-bond acceptors (Lipinski definition) is 6. The average Bonchev–Trinajstić information content (AvgIpc) is 2.63. The second kappa shape index (κ2) is 7.37. The Morgan fingerprint density at radius 3 is 2.69 bits per heavy atom. The number of aromatic nitrogens is 1. The van der Waals surface area contributed by atoms with Gasteiger partial charge in [0.2, 0.25) is 0 Å². The number of methoxy groups -OCH3 is 1. The number of rotatable bonds is 4. The first kappa shape index (κ1) is 20.6. The summed E-state index contributed by atoms with van der Waals surface area (Å²) in [5, 5.41) is 2.76. The Balaban J connectivity index is 2.04. The van der Waals surface area contributed by atoms with E-state index >= 15 is 0 Å². The number of anilines is 2. The van der Waals surface area contributed by atoms with Crippen LogP contribution in [0.1, 0.15) is 18.9 Å². The molecule has 0 saturated carbocycles. The van der Waals surface area contributed by atoms with E-state index in [1.54, 1.807) is 12.1 Å². The molecule has 0 radical (unpaired) electrons. The summed E-state index contributed by atoms with van der Waals surface area (Å²) >= 11 is 0. The van der Waals surface area contributed by atoms with Crippen molar-refractivity contribution in [3.05, 3.63) is 47.7 Å². The summed E-state index contributed by atoms with van der Waals surface area (Å²) in [4.78, 5) is 7.87. The van der Waals surface area contributed by atoms with Gasteiger partial charge < -0.3 is 20.5 Å². The largest absolute Gasteiger partial charge is 0.493 e. The molecule has 0 spiro atoms. The quantitative estimate of drug-likeness (QED) is 0.737. The molecule has 1 aliphatic heterocycles. The lowest BCUT2D eigenvalue weighted by molar-refractivity contribution is -0.208. The van der Waals surface area contributed by atoms with Gasteiger partial charge in [-0.15, -0.1) is 0 Å². The Kier molecular flexibility index (Phi) is 5.24. The maximum Gasteiger partial charge on any atom is 0.425 e. The van der Waals surface area contributed by atoms with E-state index in [0.29, 0.717) is 5.75 Å². The molecular weight excluding hydrogens is 399 g/mol. The van der Waals surface area contributed by atoms with Crippen molar-refractivity contribution in [3.8, 4) is 5.75 Å². The molecule has 0 amide bonds. The van der Waals surface area contributed by atoms with Gasteiger partial charge in [-0.2, -0.15) is 13.2 Å². The number of halogens is 5. The van der Waals surface area contributed by atoms with Gasteiger partial charge in [-0.25, -0.2) is 18.8 Å². The molecule has 6 nitrogen and oxygen atoms in total. The number of nitrogens with two attached hydrogens (primary N) is 1. The minimum absolute atomic E-state index is 0.0425. The lowest BCUT2D eigenvalue weighted by atomic mass is 9.85. The van der Waals surface area contributed by atoms with Crippen LogP contribution in [-0.2, 0) is 10.3 Å². The maximum atomic E-state index is 14.6. The SMILES string of the molecule is COc1cccnc1Nc1cc(F)c(F)c(C2(C)CC(C(F)(F)F)OC(N)=N2)c1. The van der Waals surface area contributed by atoms with Crippen LogP contribution >= 0.6 is 0 Å². The molecule has 1 aromatic heterocycles. The van der Waals surface area contributed by atoms with Crippen LogP contribution in [0.2, 0.25) is 0 Å². The molecule has 2 aromatic rings. The summed E-state index contributed by atoms with van der Waals surface area (Å²) in [7, 11) is 1.40. The fraction of sp³-hybridized carbons (Fsp3) is 0.333. The average molecular weight is 416 g/mol. The van der Waals surface area contributed by atoms with Gasteiger partial charge in [-0.05, 0) is 25.1 Å². The van der Waals surface area contributed by atoms with Crippen LogP contribution in [0, 0.1) is 11.6 Å². The molecule has 3 rings (SSSR count). The smallest absolute Gasteiger partial charge is 0.425 e. The zero-order valence-electron chi connectivity index (χ0n) is 15.3. The first-order chi connectivity index (χ1) is 13.5. The van der Waals surface area contributed by atoms with E-state index in [4.69, 9.17) is 10.5 Å². The Morgan fingerprint density at radius 1 is 1.31 bits per heavy atom. The van der Waals surface area contributed by atoms with Gasteiger partial charge in [-0.1, -0.05) is 0 Å². The number of amidine groups is 1. The van der Waals surface area contributed by atoms with E-state index in [0.717, 1.165) is 12.1 Å². The number of alkyl halides is 3. The van der Waals surface area contributed by atoms with Crippen LogP contribution in [0.3, 0.4) is 0 Å². The van der Waals surface area contributed by atoms with Crippen LogP contribution in [0.5, 0.6) is 5.75 Å². The van der Waals surface area contributed by atoms with Crippen molar-refractivity contribution >= 4 is 17.5 Å². The highest BCUT2D eigenvalue weighted by Crippen LogP contribution is 2.42. The Labute approximate surface area is 162 Å². The first-order valence-electron chi connectivity index (χ1n) is 8.38. The van der Waals surface area contributed by atoms with Gasteiger partial charge in [0, 0.05) is 29.9 Å². The molecule has 1 aliphatic rings. The first-order valence-corrected chi connectivity index (χ1v) is 8.38. The van der Waals surface area contributed by atoms with Gasteiger partial charge in [0.15, 0.2) is 29.3 Å². The fourth-order valence-electron chi connectivity index (χ4n) is 3.06. The second-order valence-electron chi connectivity index (χ2n) is 6.58. The summed E-state index contributed by atoms with van der Waals surface area (Å²) in [5.41, 5.74) is 3.22. The minimum atomic E-state index is -4.76. The number of benzene rings is 1. The predicted molar refractivity (Wildman–Crippen MR) is 94.9 cm³/mol. The van der Waals surface area contributed by atoms with E-state index in [-0.39, 0.29) is 11.5 Å². The summed E-state index contributed by atoms with van der Waals surface area (Å²) in [5.74, 6) is -2.06. The van der Waals surface area contributed by atoms with Crippen molar-refractivity contribution in [1.82, 2.24) is 4.98 Å². The zero-order chi connectivity index (χ0) is 21.4. The summed E-state index contributed by atoms with van der Waals surface area (Å²) in [6.07, 6.45) is -6.39. The van der Waals surface area contributed by atoms with Crippen LogP contribution in [0.25, 0.3) is 0 Å². The van der Waals surface area contributed by atoms with E-state index < -0.39 is 47.5 Å². The highest BCUT2D eigenvalue weighted by molar-refractivity contribution is 5.73. The van der Waals surface area contributed by atoms with Crippen molar-refractivity contribution < 1.29 is 31.4 Å². The predicted octanol–water partition coefficient (Wildman–Crippen LogP) is 3.99. The molecule has 0 aliphatic carbocycles. The Bertz CT molecular complexity index is 950. The summed E-state index contributed by atoms with van der Waals surface area (Å²) < 4.78 is 78.0. The monoisotopic (exact) mass is 416 g/mol. The summed E-state index contributed by atoms with van der Waals surface area (Å²) in [6, 6.07) is 4.45. The normalized spacial score (nSPS) is 21.9. The molecule has 2 heterocycles. The fourth-order valence-corrected chi connectivity index (χ4v) is 3.06. The van der Waals surface area contributed by atoms with Crippen LogP contribution in [-0.4, -0.2) is 30.4 Å². The highest BCUT2D eigenvalue weighted by Gasteiger charge is 2.50. The van der Waals surface area contributed by atoms with Gasteiger partial charge in [0.1, 0.15) is 0 Å². The molecule has 11 heteroatoms. The molecule has 0 bridgehead atoms. The van der Waals surface area contributed by atoms with Crippen molar-refractivity contribution in [3.63, 3.8) is 0 Å². The number of hydrogen-bond donors (Lipinski definition) is 2. The number of nitrogens with one attached hydrogen (secondary N) is 1. The lowest BCUT2D eigenvalue weighted by Crippen LogP contribution is -2.46. The maximum absolute atomic E-state index is 14.6. The Hall–Kier alpha value is -3.11. The van der Waals surface area contributed by atoms with Gasteiger partial charge in [0.25, 0.3) is 6.02 Å². The van der Waals surface area contributed by atoms with Crippen molar-refractivity contribution in [2.24, 2.45) is 10.7 Å². The van der Waals surface area contributed by atoms with Crippen molar-refractivity contribution in [1.29, 1.82) is 0 Å². The molecule has 0 fully saturated rings. The van der Waals surface area contributed by atoms with Crippen molar-refractivity contribution in [2.45, 2.75) is 31.2 Å². The van der Waals surface area contributed by atoms with Gasteiger partial charge in [-0.3, -0.25) is 0 Å². The molecule has 3 N–H and O–H groups in total. The van der Waals surface area contributed by atoms with Gasteiger partial charge >= 0.3 is 6.18 Å². The molecular formula is C18H17F5N4O2. The standard InChI is InChI=1S/C18H17F5N4O2/c1-17(8-13(18(21,22)23)29-16(24)27-17)10-6-9(7-11(19)14(10)20)26-15-12(28-2)4-3-5-25-15/h3-7,13H,8H2,1-2H3,(H2,24,27)(H,25,26). The summed E-state index contributed by atoms with van der Waals surface area (Å²) in [6.45, 7) is 1.23. The van der Waals surface area contributed by atoms with Gasteiger partial charge in [0.05, 0.1) is 12.6 Å². The third-order valence-corrected chi connectivity index (χ3v) is 4.43. The van der Waals surface area contributed by atoms with Crippen LogP contribution in [0.15, 0.2) is 35.5 Å². The third kappa shape index (κ3) is 4.17. The van der Waals surface area contributed by atoms with E-state index in [2.05, 4.69) is 20.0 Å². The molecule has 2 atom stereocenters. The topological polar surface area (TPSA) is 81.8 Å².